The van der Waals surface area contributed by atoms with E-state index in [0.29, 0.717) is 6.54 Å². The van der Waals surface area contributed by atoms with Crippen LogP contribution >= 0.6 is 0 Å². The minimum absolute atomic E-state index is 0.142. The monoisotopic (exact) mass is 384 g/mol. The molecule has 2 aromatic rings. The van der Waals surface area contributed by atoms with Crippen LogP contribution in [0.5, 0.6) is 0 Å². The normalized spacial score (nSPS) is 10.2. The van der Waals surface area contributed by atoms with Gasteiger partial charge in [-0.1, -0.05) is 18.2 Å². The van der Waals surface area contributed by atoms with E-state index in [1.807, 2.05) is 19.0 Å². The van der Waals surface area contributed by atoms with Gasteiger partial charge in [-0.05, 0) is 36.6 Å². The molecule has 8 heteroatoms. The average Bonchev–Trinajstić information content (AvgIpc) is 2.69. The molecule has 2 amide bonds. The quantitative estimate of drug-likeness (QED) is 0.392. The predicted molar refractivity (Wildman–Crippen MR) is 108 cm³/mol. The van der Waals surface area contributed by atoms with Crippen LogP contribution in [0, 0.1) is 10.1 Å². The number of nitro benzene ring substituents is 1. The maximum absolute atomic E-state index is 12.0. The van der Waals surface area contributed by atoms with Crippen molar-refractivity contribution in [2.45, 2.75) is 12.8 Å². The van der Waals surface area contributed by atoms with Crippen LogP contribution in [0.2, 0.25) is 0 Å². The average molecular weight is 384 g/mol. The summed E-state index contributed by atoms with van der Waals surface area (Å²) in [6.07, 6.45) is 1.62. The summed E-state index contributed by atoms with van der Waals surface area (Å²) < 4.78 is 0. The number of benzene rings is 2. The Morgan fingerprint density at radius 2 is 1.79 bits per heavy atom. The van der Waals surface area contributed by atoms with Gasteiger partial charge in [-0.3, -0.25) is 19.7 Å². The molecule has 0 aliphatic rings. The molecule has 0 saturated heterocycles. The van der Waals surface area contributed by atoms with Crippen LogP contribution in [0.25, 0.3) is 0 Å². The molecule has 0 radical (unpaired) electrons. The molecule has 2 aromatic carbocycles. The first-order valence-electron chi connectivity index (χ1n) is 8.92. The lowest BCUT2D eigenvalue weighted by Gasteiger charge is -2.12. The Kier molecular flexibility index (Phi) is 7.50. The van der Waals surface area contributed by atoms with Gasteiger partial charge in [-0.2, -0.15) is 0 Å². The predicted octanol–water partition coefficient (Wildman–Crippen LogP) is 2.14. The Labute approximate surface area is 163 Å². The number of rotatable bonds is 9. The molecule has 0 aliphatic heterocycles. The van der Waals surface area contributed by atoms with Crippen molar-refractivity contribution in [3.63, 3.8) is 0 Å². The largest absolute Gasteiger partial charge is 0.378 e. The first kappa shape index (κ1) is 20.9. The van der Waals surface area contributed by atoms with E-state index in [1.165, 1.54) is 29.8 Å². The van der Waals surface area contributed by atoms with Crippen molar-refractivity contribution < 1.29 is 14.5 Å². The molecule has 2 N–H and O–H groups in total. The van der Waals surface area contributed by atoms with Gasteiger partial charge in [0.2, 0.25) is 5.91 Å². The highest BCUT2D eigenvalue weighted by Gasteiger charge is 2.12. The lowest BCUT2D eigenvalue weighted by atomic mass is 10.1. The van der Waals surface area contributed by atoms with Gasteiger partial charge in [0.15, 0.2) is 0 Å². The Bertz CT molecular complexity index is 834. The van der Waals surface area contributed by atoms with E-state index in [0.717, 1.165) is 18.5 Å². The van der Waals surface area contributed by atoms with Crippen LogP contribution in [-0.2, 0) is 11.2 Å². The summed E-state index contributed by atoms with van der Waals surface area (Å²) in [5, 5.41) is 16.0. The summed E-state index contributed by atoms with van der Waals surface area (Å²) in [6.45, 7) is 0.319. The van der Waals surface area contributed by atoms with E-state index in [9.17, 15) is 19.7 Å². The molecule has 28 heavy (non-hydrogen) atoms. The lowest BCUT2D eigenvalue weighted by Crippen LogP contribution is -2.37. The molecule has 148 valence electrons. The van der Waals surface area contributed by atoms with Gasteiger partial charge in [0.05, 0.1) is 11.5 Å². The van der Waals surface area contributed by atoms with Crippen molar-refractivity contribution >= 4 is 23.2 Å². The molecular formula is C20H24N4O4. The number of non-ortho nitro benzene ring substituents is 1. The zero-order valence-corrected chi connectivity index (χ0v) is 16.0. The number of amides is 2. The van der Waals surface area contributed by atoms with Crippen LogP contribution < -0.4 is 15.5 Å². The first-order chi connectivity index (χ1) is 13.4. The molecule has 8 nitrogen and oxygen atoms in total. The summed E-state index contributed by atoms with van der Waals surface area (Å²) >= 11 is 0. The molecule has 0 unspecified atom stereocenters. The van der Waals surface area contributed by atoms with Crippen LogP contribution in [0.15, 0.2) is 48.5 Å². The van der Waals surface area contributed by atoms with Crippen LogP contribution in [-0.4, -0.2) is 43.9 Å². The van der Waals surface area contributed by atoms with E-state index in [2.05, 4.69) is 34.9 Å². The lowest BCUT2D eigenvalue weighted by molar-refractivity contribution is -0.384. The van der Waals surface area contributed by atoms with Gasteiger partial charge in [-0.15, -0.1) is 0 Å². The fraction of sp³-hybridized carbons (Fsp3) is 0.300. The minimum atomic E-state index is -0.572. The van der Waals surface area contributed by atoms with Gasteiger partial charge in [0.25, 0.3) is 11.6 Å². The van der Waals surface area contributed by atoms with Crippen LogP contribution in [0.4, 0.5) is 11.4 Å². The number of nitrogens with one attached hydrogen (secondary N) is 2. The van der Waals surface area contributed by atoms with Gasteiger partial charge < -0.3 is 15.5 Å². The molecule has 0 atom stereocenters. The molecule has 0 saturated carbocycles. The fourth-order valence-corrected chi connectivity index (χ4v) is 2.57. The van der Waals surface area contributed by atoms with Gasteiger partial charge in [-0.25, -0.2) is 0 Å². The minimum Gasteiger partial charge on any atom is -0.378 e. The van der Waals surface area contributed by atoms with Crippen molar-refractivity contribution in [1.82, 2.24) is 10.6 Å². The Hall–Kier alpha value is -3.42. The van der Waals surface area contributed by atoms with E-state index in [4.69, 9.17) is 0 Å². The third-order valence-corrected chi connectivity index (χ3v) is 4.15. The number of carbonyl (C=O) groups excluding carboxylic acids is 2. The molecule has 0 fully saturated rings. The van der Waals surface area contributed by atoms with E-state index >= 15 is 0 Å². The first-order valence-corrected chi connectivity index (χ1v) is 8.92. The number of hydrogen-bond donors (Lipinski definition) is 2. The van der Waals surface area contributed by atoms with Crippen molar-refractivity contribution in [1.29, 1.82) is 0 Å². The summed E-state index contributed by atoms with van der Waals surface area (Å²) in [6, 6.07) is 13.6. The van der Waals surface area contributed by atoms with E-state index in [1.54, 1.807) is 0 Å². The summed E-state index contributed by atoms with van der Waals surface area (Å²) in [7, 11) is 3.98. The number of nitro groups is 1. The number of anilines is 1. The highest BCUT2D eigenvalue weighted by molar-refractivity contribution is 5.96. The molecule has 0 bridgehead atoms. The zero-order chi connectivity index (χ0) is 20.5. The van der Waals surface area contributed by atoms with Crippen LogP contribution in [0.3, 0.4) is 0 Å². The fourth-order valence-electron chi connectivity index (χ4n) is 2.57. The third kappa shape index (κ3) is 6.39. The summed E-state index contributed by atoms with van der Waals surface area (Å²) in [5.74, 6) is -0.832. The smallest absolute Gasteiger partial charge is 0.270 e. The Balaban J connectivity index is 1.69. The molecular weight excluding hydrogens is 360 g/mol. The maximum atomic E-state index is 12.0. The van der Waals surface area contributed by atoms with Crippen molar-refractivity contribution in [2.24, 2.45) is 0 Å². The van der Waals surface area contributed by atoms with Crippen molar-refractivity contribution in [2.75, 3.05) is 32.1 Å². The SMILES string of the molecule is CN(C)c1ccc(CCCNC(=O)CNC(=O)c2cccc([N+](=O)[O-])c2)cc1. The number of carbonyl (C=O) groups is 2. The highest BCUT2D eigenvalue weighted by Crippen LogP contribution is 2.14. The number of aryl methyl sites for hydroxylation is 1. The zero-order valence-electron chi connectivity index (χ0n) is 16.0. The Morgan fingerprint density at radius 1 is 1.07 bits per heavy atom. The van der Waals surface area contributed by atoms with Gasteiger partial charge in [0.1, 0.15) is 0 Å². The summed E-state index contributed by atoms with van der Waals surface area (Å²) in [4.78, 5) is 36.0. The molecule has 2 rings (SSSR count). The van der Waals surface area contributed by atoms with Crippen LogP contribution in [0.1, 0.15) is 22.3 Å². The maximum Gasteiger partial charge on any atom is 0.270 e. The molecule has 0 aliphatic carbocycles. The second-order valence-corrected chi connectivity index (χ2v) is 6.50. The molecule has 0 spiro atoms. The third-order valence-electron chi connectivity index (χ3n) is 4.15. The second kappa shape index (κ2) is 10.1. The number of nitrogens with zero attached hydrogens (tertiary/aromatic N) is 2. The van der Waals surface area contributed by atoms with Gasteiger partial charge in [0, 0.05) is 44.0 Å². The van der Waals surface area contributed by atoms with Gasteiger partial charge >= 0.3 is 0 Å². The van der Waals surface area contributed by atoms with Crippen molar-refractivity contribution in [3.8, 4) is 0 Å². The molecule has 0 heterocycles. The summed E-state index contributed by atoms with van der Waals surface area (Å²) in [5.41, 5.74) is 2.30. The topological polar surface area (TPSA) is 105 Å². The van der Waals surface area contributed by atoms with E-state index in [-0.39, 0.29) is 23.7 Å². The second-order valence-electron chi connectivity index (χ2n) is 6.50. The Morgan fingerprint density at radius 3 is 2.43 bits per heavy atom. The highest BCUT2D eigenvalue weighted by atomic mass is 16.6. The molecule has 0 aromatic heterocycles. The number of hydrogen-bond acceptors (Lipinski definition) is 5. The van der Waals surface area contributed by atoms with E-state index < -0.39 is 10.8 Å². The van der Waals surface area contributed by atoms with Crippen molar-refractivity contribution in [3.05, 3.63) is 69.8 Å². The standard InChI is InChI=1S/C20H24N4O4/c1-23(2)17-10-8-15(9-11-17)5-4-12-21-19(25)14-22-20(26)16-6-3-7-18(13-16)24(27)28/h3,6-11,13H,4-5,12,14H2,1-2H3,(H,21,25)(H,22,26).